The van der Waals surface area contributed by atoms with Gasteiger partial charge in [0.05, 0.1) is 23.2 Å². The second-order valence-electron chi connectivity index (χ2n) is 5.44. The van der Waals surface area contributed by atoms with Gasteiger partial charge in [-0.1, -0.05) is 31.2 Å². The summed E-state index contributed by atoms with van der Waals surface area (Å²) in [5.41, 5.74) is 4.02. The van der Waals surface area contributed by atoms with E-state index in [0.29, 0.717) is 23.6 Å². The molecule has 2 aromatic carbocycles. The highest BCUT2D eigenvalue weighted by Gasteiger charge is 2.18. The largest absolute Gasteiger partial charge is 0.491 e. The molecular formula is C19H15N3O. The van der Waals surface area contributed by atoms with E-state index in [0.717, 1.165) is 28.4 Å². The maximum atomic E-state index is 9.72. The predicted octanol–water partition coefficient (Wildman–Crippen LogP) is 4.30. The summed E-state index contributed by atoms with van der Waals surface area (Å²) in [6, 6.07) is 18.2. The summed E-state index contributed by atoms with van der Waals surface area (Å²) in [5, 5.41) is 10.7. The minimum atomic E-state index is 0.494. The number of imidazole rings is 1. The molecule has 0 aliphatic carbocycles. The van der Waals surface area contributed by atoms with Gasteiger partial charge in [-0.15, -0.1) is 0 Å². The Bertz CT molecular complexity index is 1070. The average molecular weight is 301 g/mol. The summed E-state index contributed by atoms with van der Waals surface area (Å²) in [4.78, 5) is 4.67. The lowest BCUT2D eigenvalue weighted by Gasteiger charge is -2.13. The molecule has 23 heavy (non-hydrogen) atoms. The molecule has 0 saturated heterocycles. The van der Waals surface area contributed by atoms with Crippen molar-refractivity contribution >= 4 is 27.6 Å². The Labute approximate surface area is 133 Å². The predicted molar refractivity (Wildman–Crippen MR) is 90.7 cm³/mol. The van der Waals surface area contributed by atoms with Crippen LogP contribution < -0.4 is 4.74 Å². The Morgan fingerprint density at radius 1 is 1.09 bits per heavy atom. The van der Waals surface area contributed by atoms with Crippen LogP contribution in [0.3, 0.4) is 0 Å². The Balaban J connectivity index is 2.24. The molecule has 0 unspecified atom stereocenters. The van der Waals surface area contributed by atoms with Gasteiger partial charge >= 0.3 is 0 Å². The van der Waals surface area contributed by atoms with E-state index in [-0.39, 0.29) is 0 Å². The SMILES string of the molecule is CCCOc1c(C#N)c2nc3ccccc3n2c2ccccc12. The summed E-state index contributed by atoms with van der Waals surface area (Å²) in [6.45, 7) is 2.63. The quantitative estimate of drug-likeness (QED) is 0.567. The monoisotopic (exact) mass is 301 g/mol. The van der Waals surface area contributed by atoms with E-state index in [1.54, 1.807) is 0 Å². The minimum Gasteiger partial charge on any atom is -0.491 e. The minimum absolute atomic E-state index is 0.494. The molecule has 112 valence electrons. The molecule has 4 rings (SSSR count). The number of nitriles is 1. The van der Waals surface area contributed by atoms with Gasteiger partial charge in [0.2, 0.25) is 0 Å². The molecule has 0 bridgehead atoms. The van der Waals surface area contributed by atoms with Crippen molar-refractivity contribution in [1.82, 2.24) is 9.38 Å². The maximum absolute atomic E-state index is 9.72. The fourth-order valence-corrected chi connectivity index (χ4v) is 2.99. The number of ether oxygens (including phenoxy) is 1. The molecular weight excluding hydrogens is 286 g/mol. The molecule has 0 spiro atoms. The van der Waals surface area contributed by atoms with Crippen molar-refractivity contribution in [2.75, 3.05) is 6.61 Å². The smallest absolute Gasteiger partial charge is 0.160 e. The summed E-state index contributed by atoms with van der Waals surface area (Å²) in [6.07, 6.45) is 0.890. The molecule has 0 aliphatic heterocycles. The standard InChI is InChI=1S/C19H15N3O/c1-2-11-23-18-13-7-3-5-9-16(13)22-17-10-6-4-8-15(17)21-19(22)14(18)12-20/h3-10H,2,11H2,1H3. The lowest BCUT2D eigenvalue weighted by molar-refractivity contribution is 0.320. The molecule has 4 aromatic rings. The van der Waals surface area contributed by atoms with Crippen molar-refractivity contribution in [3.63, 3.8) is 0 Å². The zero-order chi connectivity index (χ0) is 15.8. The van der Waals surface area contributed by atoms with Crippen molar-refractivity contribution in [3.05, 3.63) is 54.1 Å². The van der Waals surface area contributed by atoms with Crippen LogP contribution in [0.5, 0.6) is 5.75 Å². The fraction of sp³-hybridized carbons (Fsp3) is 0.158. The lowest BCUT2D eigenvalue weighted by atomic mass is 10.1. The normalized spacial score (nSPS) is 11.1. The van der Waals surface area contributed by atoms with E-state index >= 15 is 0 Å². The van der Waals surface area contributed by atoms with Crippen LogP contribution >= 0.6 is 0 Å². The number of fused-ring (bicyclic) bond motifs is 5. The van der Waals surface area contributed by atoms with E-state index in [2.05, 4.69) is 18.0 Å². The summed E-state index contributed by atoms with van der Waals surface area (Å²) >= 11 is 0. The van der Waals surface area contributed by atoms with Crippen LogP contribution in [0, 0.1) is 11.3 Å². The first-order valence-electron chi connectivity index (χ1n) is 7.70. The highest BCUT2D eigenvalue weighted by molar-refractivity contribution is 5.97. The number of hydrogen-bond acceptors (Lipinski definition) is 3. The van der Waals surface area contributed by atoms with Gasteiger partial charge in [0.1, 0.15) is 17.4 Å². The molecule has 0 N–H and O–H groups in total. The van der Waals surface area contributed by atoms with Crippen LogP contribution in [0.25, 0.3) is 27.6 Å². The van der Waals surface area contributed by atoms with Crippen LogP contribution in [-0.2, 0) is 0 Å². The number of pyridine rings is 1. The highest BCUT2D eigenvalue weighted by Crippen LogP contribution is 2.35. The van der Waals surface area contributed by atoms with Crippen LogP contribution in [0.15, 0.2) is 48.5 Å². The molecule has 0 amide bonds. The molecule has 4 nitrogen and oxygen atoms in total. The van der Waals surface area contributed by atoms with Crippen molar-refractivity contribution < 1.29 is 4.74 Å². The molecule has 2 aromatic heterocycles. The third-order valence-corrected chi connectivity index (χ3v) is 3.96. The van der Waals surface area contributed by atoms with Crippen molar-refractivity contribution in [2.45, 2.75) is 13.3 Å². The fourth-order valence-electron chi connectivity index (χ4n) is 2.99. The van der Waals surface area contributed by atoms with Gasteiger partial charge < -0.3 is 4.74 Å². The Morgan fingerprint density at radius 2 is 1.83 bits per heavy atom. The number of aromatic nitrogens is 2. The lowest BCUT2D eigenvalue weighted by Crippen LogP contribution is -2.02. The Morgan fingerprint density at radius 3 is 2.61 bits per heavy atom. The second kappa shape index (κ2) is 5.29. The van der Waals surface area contributed by atoms with Crippen molar-refractivity contribution in [2.24, 2.45) is 0 Å². The van der Waals surface area contributed by atoms with E-state index in [1.807, 2.05) is 52.9 Å². The number of para-hydroxylation sites is 3. The number of hydrogen-bond donors (Lipinski definition) is 0. The number of nitrogens with zero attached hydrogens (tertiary/aromatic N) is 3. The van der Waals surface area contributed by atoms with Crippen LogP contribution in [0.1, 0.15) is 18.9 Å². The molecule has 0 atom stereocenters. The maximum Gasteiger partial charge on any atom is 0.160 e. The van der Waals surface area contributed by atoms with E-state index in [1.165, 1.54) is 0 Å². The van der Waals surface area contributed by atoms with Gasteiger partial charge in [0.15, 0.2) is 5.65 Å². The number of benzene rings is 2. The summed E-state index contributed by atoms with van der Waals surface area (Å²) < 4.78 is 7.96. The number of rotatable bonds is 3. The molecule has 2 heterocycles. The zero-order valence-electron chi connectivity index (χ0n) is 12.8. The Kier molecular flexibility index (Phi) is 3.13. The molecule has 0 radical (unpaired) electrons. The molecule has 0 aliphatic rings. The first-order chi connectivity index (χ1) is 11.3. The van der Waals surface area contributed by atoms with E-state index in [4.69, 9.17) is 4.74 Å². The first-order valence-corrected chi connectivity index (χ1v) is 7.70. The first kappa shape index (κ1) is 13.6. The van der Waals surface area contributed by atoms with Gasteiger partial charge in [-0.25, -0.2) is 4.98 Å². The van der Waals surface area contributed by atoms with Crippen LogP contribution in [0.4, 0.5) is 0 Å². The molecule has 0 saturated carbocycles. The van der Waals surface area contributed by atoms with Crippen LogP contribution in [-0.4, -0.2) is 16.0 Å². The van der Waals surface area contributed by atoms with Gasteiger partial charge in [0.25, 0.3) is 0 Å². The van der Waals surface area contributed by atoms with Crippen molar-refractivity contribution in [1.29, 1.82) is 5.26 Å². The van der Waals surface area contributed by atoms with Crippen LogP contribution in [0.2, 0.25) is 0 Å². The Hall–Kier alpha value is -3.06. The average Bonchev–Trinajstić information content (AvgIpc) is 2.98. The molecule has 4 heteroatoms. The second-order valence-corrected chi connectivity index (χ2v) is 5.44. The summed E-state index contributed by atoms with van der Waals surface area (Å²) in [5.74, 6) is 0.632. The molecule has 0 fully saturated rings. The topological polar surface area (TPSA) is 50.3 Å². The van der Waals surface area contributed by atoms with Gasteiger partial charge in [0, 0.05) is 5.39 Å². The van der Waals surface area contributed by atoms with Gasteiger partial charge in [-0.2, -0.15) is 5.26 Å². The summed E-state index contributed by atoms with van der Waals surface area (Å²) in [7, 11) is 0. The zero-order valence-corrected chi connectivity index (χ0v) is 12.8. The highest BCUT2D eigenvalue weighted by atomic mass is 16.5. The van der Waals surface area contributed by atoms with E-state index in [9.17, 15) is 5.26 Å². The van der Waals surface area contributed by atoms with Gasteiger partial charge in [-0.05, 0) is 30.7 Å². The third-order valence-electron chi connectivity index (χ3n) is 3.96. The third kappa shape index (κ3) is 1.94. The van der Waals surface area contributed by atoms with E-state index < -0.39 is 0 Å². The van der Waals surface area contributed by atoms with Crippen molar-refractivity contribution in [3.8, 4) is 11.8 Å². The van der Waals surface area contributed by atoms with Gasteiger partial charge in [-0.3, -0.25) is 4.40 Å².